The van der Waals surface area contributed by atoms with E-state index in [2.05, 4.69) is 43.2 Å². The van der Waals surface area contributed by atoms with Crippen LogP contribution in [0.2, 0.25) is 0 Å². The molecule has 0 bridgehead atoms. The van der Waals surface area contributed by atoms with E-state index in [0.717, 1.165) is 54.2 Å². The molecule has 0 spiro atoms. The summed E-state index contributed by atoms with van der Waals surface area (Å²) in [4.78, 5) is 23.1. The number of imidazole rings is 1. The zero-order chi connectivity index (χ0) is 23.7. The maximum Gasteiger partial charge on any atom is 0.333 e. The van der Waals surface area contributed by atoms with Gasteiger partial charge in [0.1, 0.15) is 0 Å². The van der Waals surface area contributed by atoms with Gasteiger partial charge in [-0.3, -0.25) is 9.13 Å². The van der Waals surface area contributed by atoms with Gasteiger partial charge in [0.25, 0.3) is 0 Å². The van der Waals surface area contributed by atoms with E-state index in [4.69, 9.17) is 9.72 Å². The smallest absolute Gasteiger partial charge is 0.333 e. The maximum absolute atomic E-state index is 13.7. The van der Waals surface area contributed by atoms with Gasteiger partial charge in [-0.2, -0.15) is 0 Å². The van der Waals surface area contributed by atoms with Gasteiger partial charge in [-0.25, -0.2) is 14.8 Å². The van der Waals surface area contributed by atoms with Gasteiger partial charge in [-0.05, 0) is 87.6 Å². The maximum atomic E-state index is 13.7. The zero-order valence-corrected chi connectivity index (χ0v) is 20.5. The van der Waals surface area contributed by atoms with Crippen molar-refractivity contribution in [3.63, 3.8) is 0 Å². The van der Waals surface area contributed by atoms with Gasteiger partial charge in [-0.15, -0.1) is 0 Å². The SMILES string of the molecule is Cc1ccc(-n2c(-c3ccnc(NC4CCC(C)CC4)n3)cn(C3CCOCC3)c2=O)cc1C. The topological polar surface area (TPSA) is 74.0 Å². The van der Waals surface area contributed by atoms with Crippen LogP contribution in [0.3, 0.4) is 0 Å². The molecular formula is C27H35N5O2. The van der Waals surface area contributed by atoms with E-state index in [-0.39, 0.29) is 11.7 Å². The number of nitrogens with one attached hydrogen (secondary N) is 1. The second kappa shape index (κ2) is 9.74. The number of anilines is 1. The molecule has 1 N–H and O–H groups in total. The minimum atomic E-state index is -0.0282. The number of hydrogen-bond acceptors (Lipinski definition) is 5. The molecule has 5 rings (SSSR count). The Morgan fingerprint density at radius 3 is 2.50 bits per heavy atom. The summed E-state index contributed by atoms with van der Waals surface area (Å²) in [5.41, 5.74) is 4.75. The van der Waals surface area contributed by atoms with Gasteiger partial charge < -0.3 is 10.1 Å². The highest BCUT2D eigenvalue weighted by molar-refractivity contribution is 5.59. The summed E-state index contributed by atoms with van der Waals surface area (Å²) < 4.78 is 9.22. The molecule has 7 nitrogen and oxygen atoms in total. The van der Waals surface area contributed by atoms with E-state index < -0.39 is 0 Å². The van der Waals surface area contributed by atoms with Crippen LogP contribution in [-0.2, 0) is 4.74 Å². The van der Waals surface area contributed by atoms with Crippen molar-refractivity contribution >= 4 is 5.95 Å². The quantitative estimate of drug-likeness (QED) is 0.575. The van der Waals surface area contributed by atoms with Crippen LogP contribution >= 0.6 is 0 Å². The van der Waals surface area contributed by atoms with Crippen molar-refractivity contribution in [2.75, 3.05) is 18.5 Å². The monoisotopic (exact) mass is 461 g/mol. The van der Waals surface area contributed by atoms with Crippen LogP contribution in [0.5, 0.6) is 0 Å². The summed E-state index contributed by atoms with van der Waals surface area (Å²) in [5, 5.41) is 3.54. The highest BCUT2D eigenvalue weighted by Gasteiger charge is 2.24. The lowest BCUT2D eigenvalue weighted by Gasteiger charge is -2.26. The first-order valence-electron chi connectivity index (χ1n) is 12.6. The Morgan fingerprint density at radius 1 is 1.00 bits per heavy atom. The number of nitrogens with zero attached hydrogens (tertiary/aromatic N) is 4. The molecule has 7 heteroatoms. The summed E-state index contributed by atoms with van der Waals surface area (Å²) in [7, 11) is 0. The van der Waals surface area contributed by atoms with Crippen LogP contribution in [0, 0.1) is 19.8 Å². The molecule has 180 valence electrons. The number of aryl methyl sites for hydroxylation is 2. The van der Waals surface area contributed by atoms with Crippen LogP contribution in [0.1, 0.15) is 62.6 Å². The minimum Gasteiger partial charge on any atom is -0.381 e. The minimum absolute atomic E-state index is 0.0282. The molecule has 1 aromatic carbocycles. The summed E-state index contributed by atoms with van der Waals surface area (Å²) in [5.74, 6) is 1.43. The Labute approximate surface area is 201 Å². The highest BCUT2D eigenvalue weighted by atomic mass is 16.5. The zero-order valence-electron chi connectivity index (χ0n) is 20.5. The summed E-state index contributed by atoms with van der Waals surface area (Å²) in [6, 6.07) is 8.61. The van der Waals surface area contributed by atoms with Crippen molar-refractivity contribution in [1.29, 1.82) is 0 Å². The molecule has 1 aliphatic heterocycles. The van der Waals surface area contributed by atoms with Crippen LogP contribution in [0.15, 0.2) is 41.5 Å². The fourth-order valence-corrected chi connectivity index (χ4v) is 5.14. The van der Waals surface area contributed by atoms with Gasteiger partial charge >= 0.3 is 5.69 Å². The third-order valence-corrected chi connectivity index (χ3v) is 7.51. The fourth-order valence-electron chi connectivity index (χ4n) is 5.14. The van der Waals surface area contributed by atoms with Crippen molar-refractivity contribution in [2.45, 2.75) is 71.4 Å². The lowest BCUT2D eigenvalue weighted by molar-refractivity contribution is 0.0686. The van der Waals surface area contributed by atoms with Crippen LogP contribution < -0.4 is 11.0 Å². The molecule has 2 aromatic heterocycles. The molecule has 0 unspecified atom stereocenters. The molecule has 34 heavy (non-hydrogen) atoms. The van der Waals surface area contributed by atoms with E-state index >= 15 is 0 Å². The molecule has 0 amide bonds. The first-order chi connectivity index (χ1) is 16.5. The largest absolute Gasteiger partial charge is 0.381 e. The molecule has 2 aliphatic rings. The van der Waals surface area contributed by atoms with Crippen LogP contribution in [0.25, 0.3) is 17.1 Å². The molecule has 1 saturated heterocycles. The summed E-state index contributed by atoms with van der Waals surface area (Å²) >= 11 is 0. The fraction of sp³-hybridized carbons (Fsp3) is 0.519. The lowest BCUT2D eigenvalue weighted by atomic mass is 9.87. The Kier molecular flexibility index (Phi) is 6.55. The van der Waals surface area contributed by atoms with Gasteiger partial charge in [-0.1, -0.05) is 13.0 Å². The summed E-state index contributed by atoms with van der Waals surface area (Å²) in [6.07, 6.45) is 10.2. The third-order valence-electron chi connectivity index (χ3n) is 7.51. The Balaban J connectivity index is 1.55. The van der Waals surface area contributed by atoms with Crippen molar-refractivity contribution in [3.05, 3.63) is 58.3 Å². The van der Waals surface area contributed by atoms with Crippen molar-refractivity contribution in [3.8, 4) is 17.1 Å². The number of ether oxygens (including phenoxy) is 1. The number of rotatable bonds is 5. The van der Waals surface area contributed by atoms with Gasteiger partial charge in [0.2, 0.25) is 5.95 Å². The number of aromatic nitrogens is 4. The molecule has 1 saturated carbocycles. The highest BCUT2D eigenvalue weighted by Crippen LogP contribution is 2.28. The van der Waals surface area contributed by atoms with Gasteiger partial charge in [0, 0.05) is 37.7 Å². The standard InChI is InChI=1S/C27H35N5O2/c1-18-4-7-21(8-5-18)29-26-28-13-10-24(30-26)25-17-31(22-11-14-34-15-12-22)27(33)32(25)23-9-6-19(2)20(3)16-23/h6,9-10,13,16-18,21-22H,4-5,7-8,11-12,14-15H2,1-3H3,(H,28,29,30). The molecule has 0 atom stereocenters. The van der Waals surface area contributed by atoms with E-state index in [1.54, 1.807) is 10.8 Å². The van der Waals surface area contributed by atoms with E-state index in [0.29, 0.717) is 25.2 Å². The molecule has 1 aliphatic carbocycles. The van der Waals surface area contributed by atoms with Crippen molar-refractivity contribution in [1.82, 2.24) is 19.1 Å². The third kappa shape index (κ3) is 4.67. The van der Waals surface area contributed by atoms with E-state index in [1.165, 1.54) is 18.4 Å². The lowest BCUT2D eigenvalue weighted by Crippen LogP contribution is -2.30. The number of benzene rings is 1. The van der Waals surface area contributed by atoms with Crippen LogP contribution in [0.4, 0.5) is 5.95 Å². The Hall–Kier alpha value is -2.93. The Bertz CT molecular complexity index is 1200. The first-order valence-corrected chi connectivity index (χ1v) is 12.6. The van der Waals surface area contributed by atoms with E-state index in [1.807, 2.05) is 22.9 Å². The normalized spacial score (nSPS) is 21.5. The second-order valence-electron chi connectivity index (χ2n) is 10.0. The average molecular weight is 462 g/mol. The molecule has 3 aromatic rings. The molecule has 2 fully saturated rings. The van der Waals surface area contributed by atoms with Gasteiger partial charge in [0.15, 0.2) is 0 Å². The molecular weight excluding hydrogens is 426 g/mol. The average Bonchev–Trinajstić information content (AvgIpc) is 3.20. The van der Waals surface area contributed by atoms with E-state index in [9.17, 15) is 4.79 Å². The van der Waals surface area contributed by atoms with Crippen LogP contribution in [-0.4, -0.2) is 38.4 Å². The number of hydrogen-bond donors (Lipinski definition) is 1. The Morgan fingerprint density at radius 2 is 1.76 bits per heavy atom. The second-order valence-corrected chi connectivity index (χ2v) is 10.0. The predicted molar refractivity (Wildman–Crippen MR) is 135 cm³/mol. The first kappa shape index (κ1) is 22.8. The molecule has 3 heterocycles. The van der Waals surface area contributed by atoms with Crippen molar-refractivity contribution in [2.24, 2.45) is 5.92 Å². The molecule has 0 radical (unpaired) electrons. The van der Waals surface area contributed by atoms with Crippen molar-refractivity contribution < 1.29 is 4.74 Å². The predicted octanol–water partition coefficient (Wildman–Crippen LogP) is 5.05. The van der Waals surface area contributed by atoms with Gasteiger partial charge in [0.05, 0.1) is 17.1 Å². The summed E-state index contributed by atoms with van der Waals surface area (Å²) in [6.45, 7) is 7.86.